The molecule has 2 heteroatoms. The Kier molecular flexibility index (Phi) is 8.16. The molecule has 0 atom stereocenters. The molecule has 1 heterocycles. The van der Waals surface area contributed by atoms with Crippen molar-refractivity contribution in [3.05, 3.63) is 212 Å². The number of furan rings is 1. The summed E-state index contributed by atoms with van der Waals surface area (Å²) in [5.74, 6) is 0. The summed E-state index contributed by atoms with van der Waals surface area (Å²) < 4.78 is 6.54. The third-order valence-electron chi connectivity index (χ3n) is 11.0. The van der Waals surface area contributed by atoms with Crippen molar-refractivity contribution in [3.8, 4) is 33.4 Å². The Bertz CT molecular complexity index is 3100. The molecule has 0 unspecified atom stereocenters. The lowest BCUT2D eigenvalue weighted by molar-refractivity contribution is 0.669. The molecule has 0 aliphatic rings. The van der Waals surface area contributed by atoms with Crippen molar-refractivity contribution in [2.45, 2.75) is 0 Å². The van der Waals surface area contributed by atoms with Crippen LogP contribution in [0.1, 0.15) is 11.1 Å². The summed E-state index contributed by atoms with van der Waals surface area (Å²) in [4.78, 5) is 2.37. The minimum absolute atomic E-state index is 0.876. The van der Waals surface area contributed by atoms with Gasteiger partial charge >= 0.3 is 0 Å². The number of nitrogens with zero attached hydrogens (tertiary/aromatic N) is 1. The Hall–Kier alpha value is -7.42. The zero-order chi connectivity index (χ0) is 37.6. The fourth-order valence-electron chi connectivity index (χ4n) is 8.34. The van der Waals surface area contributed by atoms with Gasteiger partial charge in [-0.2, -0.15) is 0 Å². The molecule has 2 nitrogen and oxygen atoms in total. The third-order valence-corrected chi connectivity index (χ3v) is 11.0. The summed E-state index contributed by atoms with van der Waals surface area (Å²) in [6.45, 7) is 8.14. The maximum absolute atomic E-state index is 6.54. The number of rotatable bonds is 8. The van der Waals surface area contributed by atoms with Gasteiger partial charge in [0.1, 0.15) is 11.2 Å². The standard InChI is InChI=1S/C54H37NO/c1-3-36-28-33-47-45(19-12-20-46(47)44(36)4-2)39-26-31-43(32-27-39)55(42-29-24-38(25-30-42)37-14-6-5-7-15-37)51-22-11-10-18-48(51)49-21-13-23-52-54(49)50-34-40-16-8-9-17-41(40)35-53(50)56-52/h3-35H,1-2H2. The molecule has 56 heavy (non-hydrogen) atoms. The highest BCUT2D eigenvalue weighted by molar-refractivity contribution is 6.16. The predicted octanol–water partition coefficient (Wildman–Crippen LogP) is 15.6. The van der Waals surface area contributed by atoms with E-state index in [2.05, 4.69) is 206 Å². The highest BCUT2D eigenvalue weighted by atomic mass is 16.3. The minimum Gasteiger partial charge on any atom is -0.456 e. The molecule has 10 aromatic rings. The monoisotopic (exact) mass is 715 g/mol. The van der Waals surface area contributed by atoms with Gasteiger partial charge in [-0.05, 0) is 109 Å². The lowest BCUT2D eigenvalue weighted by atomic mass is 9.92. The van der Waals surface area contributed by atoms with E-state index in [9.17, 15) is 0 Å². The molecule has 0 bridgehead atoms. The SMILES string of the molecule is C=Cc1ccc2c(-c3ccc(N(c4ccc(-c5ccccc5)cc4)c4ccccc4-c4cccc5oc6cc7ccccc7cc6c45)cc3)cccc2c1C=C. The Balaban J connectivity index is 1.15. The highest BCUT2D eigenvalue weighted by Gasteiger charge is 2.21. The molecule has 264 valence electrons. The first kappa shape index (κ1) is 33.2. The van der Waals surface area contributed by atoms with Crippen LogP contribution in [0.5, 0.6) is 0 Å². The van der Waals surface area contributed by atoms with Crippen molar-refractivity contribution >= 4 is 72.7 Å². The largest absolute Gasteiger partial charge is 0.456 e. The zero-order valence-electron chi connectivity index (χ0n) is 30.8. The summed E-state index contributed by atoms with van der Waals surface area (Å²) >= 11 is 0. The van der Waals surface area contributed by atoms with Crippen LogP contribution in [-0.4, -0.2) is 0 Å². The molecular weight excluding hydrogens is 679 g/mol. The van der Waals surface area contributed by atoms with Gasteiger partial charge in [-0.15, -0.1) is 0 Å². The van der Waals surface area contributed by atoms with Gasteiger partial charge < -0.3 is 9.32 Å². The summed E-state index contributed by atoms with van der Waals surface area (Å²) in [6.07, 6.45) is 3.83. The van der Waals surface area contributed by atoms with E-state index in [1.807, 2.05) is 12.2 Å². The van der Waals surface area contributed by atoms with Crippen molar-refractivity contribution in [3.63, 3.8) is 0 Å². The van der Waals surface area contributed by atoms with Crippen molar-refractivity contribution in [1.82, 2.24) is 0 Å². The first-order chi connectivity index (χ1) is 27.7. The summed E-state index contributed by atoms with van der Waals surface area (Å²) in [5, 5.41) is 6.95. The Morgan fingerprint density at radius 3 is 1.79 bits per heavy atom. The second-order valence-corrected chi connectivity index (χ2v) is 14.2. The van der Waals surface area contributed by atoms with Crippen molar-refractivity contribution in [2.24, 2.45) is 0 Å². The average Bonchev–Trinajstić information content (AvgIpc) is 3.63. The van der Waals surface area contributed by atoms with E-state index in [0.717, 1.165) is 66.8 Å². The van der Waals surface area contributed by atoms with Gasteiger partial charge in [0.25, 0.3) is 0 Å². The number of benzene rings is 9. The molecule has 0 aliphatic carbocycles. The fourth-order valence-corrected chi connectivity index (χ4v) is 8.34. The normalized spacial score (nSPS) is 11.4. The van der Waals surface area contributed by atoms with Gasteiger partial charge in [-0.3, -0.25) is 0 Å². The molecule has 0 fully saturated rings. The van der Waals surface area contributed by atoms with E-state index in [4.69, 9.17) is 4.42 Å². The molecule has 0 saturated carbocycles. The quantitative estimate of drug-likeness (QED) is 0.156. The molecule has 1 aromatic heterocycles. The maximum Gasteiger partial charge on any atom is 0.136 e. The first-order valence-electron chi connectivity index (χ1n) is 19.0. The summed E-state index contributed by atoms with van der Waals surface area (Å²) in [7, 11) is 0. The number of para-hydroxylation sites is 1. The molecular formula is C54H37NO. The number of fused-ring (bicyclic) bond motifs is 5. The van der Waals surface area contributed by atoms with E-state index >= 15 is 0 Å². The van der Waals surface area contributed by atoms with E-state index in [1.54, 1.807) is 0 Å². The van der Waals surface area contributed by atoms with Crippen LogP contribution in [0, 0.1) is 0 Å². The number of hydrogen-bond donors (Lipinski definition) is 0. The van der Waals surface area contributed by atoms with E-state index < -0.39 is 0 Å². The van der Waals surface area contributed by atoms with Gasteiger partial charge in [-0.25, -0.2) is 0 Å². The Morgan fingerprint density at radius 2 is 1.04 bits per heavy atom. The van der Waals surface area contributed by atoms with Crippen LogP contribution in [0.2, 0.25) is 0 Å². The number of hydrogen-bond acceptors (Lipinski definition) is 2. The Morgan fingerprint density at radius 1 is 0.411 bits per heavy atom. The topological polar surface area (TPSA) is 16.4 Å². The van der Waals surface area contributed by atoms with Crippen LogP contribution >= 0.6 is 0 Å². The highest BCUT2D eigenvalue weighted by Crippen LogP contribution is 2.46. The van der Waals surface area contributed by atoms with Crippen LogP contribution in [-0.2, 0) is 0 Å². The van der Waals surface area contributed by atoms with Gasteiger partial charge in [0.2, 0.25) is 0 Å². The lowest BCUT2D eigenvalue weighted by Crippen LogP contribution is -2.11. The van der Waals surface area contributed by atoms with Crippen molar-refractivity contribution < 1.29 is 4.42 Å². The van der Waals surface area contributed by atoms with Gasteiger partial charge in [0.15, 0.2) is 0 Å². The molecule has 0 aliphatic heterocycles. The predicted molar refractivity (Wildman–Crippen MR) is 240 cm³/mol. The molecule has 0 N–H and O–H groups in total. The molecule has 0 amide bonds. The van der Waals surface area contributed by atoms with Gasteiger partial charge in [-0.1, -0.05) is 165 Å². The fraction of sp³-hybridized carbons (Fsp3) is 0. The molecule has 10 rings (SSSR count). The maximum atomic E-state index is 6.54. The van der Waals surface area contributed by atoms with Crippen molar-refractivity contribution in [1.29, 1.82) is 0 Å². The van der Waals surface area contributed by atoms with Crippen LogP contribution in [0.3, 0.4) is 0 Å². The average molecular weight is 716 g/mol. The second kappa shape index (κ2) is 13.8. The van der Waals surface area contributed by atoms with Crippen molar-refractivity contribution in [2.75, 3.05) is 4.90 Å². The van der Waals surface area contributed by atoms with Gasteiger partial charge in [0, 0.05) is 27.7 Å². The van der Waals surface area contributed by atoms with Gasteiger partial charge in [0.05, 0.1) is 5.69 Å². The van der Waals surface area contributed by atoms with E-state index in [-0.39, 0.29) is 0 Å². The Labute approximate surface area is 326 Å². The molecule has 0 spiro atoms. The lowest BCUT2D eigenvalue weighted by Gasteiger charge is -2.28. The summed E-state index contributed by atoms with van der Waals surface area (Å²) in [6, 6.07) is 67.2. The smallest absolute Gasteiger partial charge is 0.136 e. The first-order valence-corrected chi connectivity index (χ1v) is 19.0. The number of anilines is 3. The molecule has 0 saturated heterocycles. The zero-order valence-corrected chi connectivity index (χ0v) is 30.8. The van der Waals surface area contributed by atoms with Crippen LogP contribution in [0.15, 0.2) is 206 Å². The molecule has 0 radical (unpaired) electrons. The van der Waals surface area contributed by atoms with E-state index in [1.165, 1.54) is 38.2 Å². The second-order valence-electron chi connectivity index (χ2n) is 14.2. The van der Waals surface area contributed by atoms with Crippen LogP contribution in [0.4, 0.5) is 17.1 Å². The molecule has 9 aromatic carbocycles. The minimum atomic E-state index is 0.876. The van der Waals surface area contributed by atoms with E-state index in [0.29, 0.717) is 0 Å². The van der Waals surface area contributed by atoms with Crippen LogP contribution < -0.4 is 4.90 Å². The third kappa shape index (κ3) is 5.59. The summed E-state index contributed by atoms with van der Waals surface area (Å²) in [5.41, 5.74) is 14.1. The van der Waals surface area contributed by atoms with Crippen LogP contribution in [0.25, 0.3) is 89.0 Å².